The standard InChI is InChI=1S/C14H13BrN2O2S/c15-8-6-10(14(18)19)13(16-7-8)17-11-2-1-3-12-9(11)4-5-20-12/h4-7,11H,1-3H2,(H,16,17)(H,18,19). The van der Waals surface area contributed by atoms with E-state index in [9.17, 15) is 9.90 Å². The molecular formula is C14H13BrN2O2S. The zero-order valence-electron chi connectivity index (χ0n) is 10.6. The van der Waals surface area contributed by atoms with Crippen molar-refractivity contribution < 1.29 is 9.90 Å². The predicted octanol–water partition coefficient (Wildman–Crippen LogP) is 4.09. The number of aromatic nitrogens is 1. The average Bonchev–Trinajstić information content (AvgIpc) is 2.90. The van der Waals surface area contributed by atoms with Gasteiger partial charge in [-0.05, 0) is 58.3 Å². The highest BCUT2D eigenvalue weighted by molar-refractivity contribution is 9.10. The van der Waals surface area contributed by atoms with E-state index >= 15 is 0 Å². The number of anilines is 1. The fourth-order valence-corrected chi connectivity index (χ4v) is 3.84. The van der Waals surface area contributed by atoms with Crippen molar-refractivity contribution in [1.82, 2.24) is 4.98 Å². The van der Waals surface area contributed by atoms with Crippen LogP contribution in [0, 0.1) is 0 Å². The Balaban J connectivity index is 1.92. The summed E-state index contributed by atoms with van der Waals surface area (Å²) in [5.74, 6) is -0.535. The van der Waals surface area contributed by atoms with Crippen LogP contribution >= 0.6 is 27.3 Å². The Morgan fingerprint density at radius 3 is 3.20 bits per heavy atom. The number of halogens is 1. The average molecular weight is 353 g/mol. The van der Waals surface area contributed by atoms with Gasteiger partial charge in [0.2, 0.25) is 0 Å². The molecule has 0 aromatic carbocycles. The maximum absolute atomic E-state index is 11.3. The van der Waals surface area contributed by atoms with Crippen LogP contribution in [0.3, 0.4) is 0 Å². The summed E-state index contributed by atoms with van der Waals surface area (Å²) < 4.78 is 0.667. The van der Waals surface area contributed by atoms with Crippen molar-refractivity contribution in [2.45, 2.75) is 25.3 Å². The second-order valence-electron chi connectivity index (χ2n) is 4.74. The van der Waals surface area contributed by atoms with Crippen LogP contribution in [-0.4, -0.2) is 16.1 Å². The van der Waals surface area contributed by atoms with Crippen molar-refractivity contribution in [3.63, 3.8) is 0 Å². The van der Waals surface area contributed by atoms with Gasteiger partial charge in [-0.3, -0.25) is 0 Å². The van der Waals surface area contributed by atoms with Crippen LogP contribution in [0.1, 0.15) is 39.7 Å². The first-order valence-corrected chi connectivity index (χ1v) is 8.04. The quantitative estimate of drug-likeness (QED) is 0.872. The van der Waals surface area contributed by atoms with Gasteiger partial charge in [0.05, 0.1) is 6.04 Å². The Hall–Kier alpha value is -1.40. The molecule has 20 heavy (non-hydrogen) atoms. The van der Waals surface area contributed by atoms with Crippen LogP contribution in [0.25, 0.3) is 0 Å². The molecule has 1 unspecified atom stereocenters. The van der Waals surface area contributed by atoms with Crippen molar-refractivity contribution in [2.24, 2.45) is 0 Å². The lowest BCUT2D eigenvalue weighted by Gasteiger charge is -2.24. The Kier molecular flexibility index (Phi) is 3.76. The molecule has 2 N–H and O–H groups in total. The summed E-state index contributed by atoms with van der Waals surface area (Å²) in [4.78, 5) is 16.9. The number of fused-ring (bicyclic) bond motifs is 1. The van der Waals surface area contributed by atoms with E-state index in [-0.39, 0.29) is 11.6 Å². The molecule has 2 aromatic rings. The Morgan fingerprint density at radius 1 is 1.55 bits per heavy atom. The van der Waals surface area contributed by atoms with Gasteiger partial charge in [-0.25, -0.2) is 9.78 Å². The van der Waals surface area contributed by atoms with Gasteiger partial charge in [-0.15, -0.1) is 11.3 Å². The zero-order chi connectivity index (χ0) is 14.1. The first kappa shape index (κ1) is 13.6. The molecule has 0 fully saturated rings. The van der Waals surface area contributed by atoms with E-state index < -0.39 is 5.97 Å². The number of pyridine rings is 1. The third-order valence-corrected chi connectivity index (χ3v) is 4.88. The van der Waals surface area contributed by atoms with E-state index in [4.69, 9.17) is 0 Å². The molecular weight excluding hydrogens is 340 g/mol. The van der Waals surface area contributed by atoms with E-state index in [1.807, 2.05) is 0 Å². The normalized spacial score (nSPS) is 17.6. The second-order valence-corrected chi connectivity index (χ2v) is 6.66. The van der Waals surface area contributed by atoms with Crippen LogP contribution in [0.2, 0.25) is 0 Å². The number of aromatic carboxylic acids is 1. The molecule has 1 atom stereocenters. The Labute approximate surface area is 129 Å². The highest BCUT2D eigenvalue weighted by atomic mass is 79.9. The number of carbonyl (C=O) groups is 1. The lowest BCUT2D eigenvalue weighted by Crippen LogP contribution is -2.18. The van der Waals surface area contributed by atoms with Gasteiger partial charge in [0.1, 0.15) is 11.4 Å². The van der Waals surface area contributed by atoms with Crippen molar-refractivity contribution in [2.75, 3.05) is 5.32 Å². The summed E-state index contributed by atoms with van der Waals surface area (Å²) in [5, 5.41) is 14.7. The molecule has 0 saturated heterocycles. The number of aryl methyl sites for hydroxylation is 1. The highest BCUT2D eigenvalue weighted by Gasteiger charge is 2.23. The molecule has 2 heterocycles. The Bertz CT molecular complexity index is 656. The van der Waals surface area contributed by atoms with E-state index in [2.05, 4.69) is 37.7 Å². The van der Waals surface area contributed by atoms with E-state index in [1.54, 1.807) is 23.6 Å². The van der Waals surface area contributed by atoms with Gasteiger partial charge in [0.25, 0.3) is 0 Å². The highest BCUT2D eigenvalue weighted by Crippen LogP contribution is 2.35. The smallest absolute Gasteiger partial charge is 0.339 e. The van der Waals surface area contributed by atoms with E-state index in [1.165, 1.54) is 10.4 Å². The van der Waals surface area contributed by atoms with Gasteiger partial charge in [0.15, 0.2) is 0 Å². The minimum atomic E-state index is -0.970. The van der Waals surface area contributed by atoms with Gasteiger partial charge in [-0.2, -0.15) is 0 Å². The van der Waals surface area contributed by atoms with Crippen LogP contribution in [-0.2, 0) is 6.42 Å². The fraction of sp³-hybridized carbons (Fsp3) is 0.286. The van der Waals surface area contributed by atoms with Gasteiger partial charge >= 0.3 is 5.97 Å². The number of hydrogen-bond donors (Lipinski definition) is 2. The molecule has 0 aliphatic heterocycles. The monoisotopic (exact) mass is 352 g/mol. The summed E-state index contributed by atoms with van der Waals surface area (Å²) in [6.07, 6.45) is 4.85. The number of nitrogens with one attached hydrogen (secondary N) is 1. The topological polar surface area (TPSA) is 62.2 Å². The first-order valence-electron chi connectivity index (χ1n) is 6.37. The van der Waals surface area contributed by atoms with E-state index in [0.717, 1.165) is 19.3 Å². The van der Waals surface area contributed by atoms with Gasteiger partial charge in [-0.1, -0.05) is 0 Å². The van der Waals surface area contributed by atoms with E-state index in [0.29, 0.717) is 10.3 Å². The zero-order valence-corrected chi connectivity index (χ0v) is 13.0. The molecule has 6 heteroatoms. The largest absolute Gasteiger partial charge is 0.478 e. The second kappa shape index (κ2) is 5.54. The summed E-state index contributed by atoms with van der Waals surface area (Å²) in [6, 6.07) is 3.85. The number of nitrogens with zero attached hydrogens (tertiary/aromatic N) is 1. The number of carboxylic acids is 1. The Morgan fingerprint density at radius 2 is 2.40 bits per heavy atom. The maximum atomic E-state index is 11.3. The third kappa shape index (κ3) is 2.58. The lowest BCUT2D eigenvalue weighted by molar-refractivity contribution is 0.0697. The van der Waals surface area contributed by atoms with Crippen LogP contribution < -0.4 is 5.32 Å². The predicted molar refractivity (Wildman–Crippen MR) is 82.5 cm³/mol. The molecule has 2 aromatic heterocycles. The molecule has 0 radical (unpaired) electrons. The minimum Gasteiger partial charge on any atom is -0.478 e. The molecule has 0 bridgehead atoms. The number of rotatable bonds is 3. The molecule has 4 nitrogen and oxygen atoms in total. The maximum Gasteiger partial charge on any atom is 0.339 e. The molecule has 0 saturated carbocycles. The van der Waals surface area contributed by atoms with Crippen molar-refractivity contribution >= 4 is 39.1 Å². The number of thiophene rings is 1. The van der Waals surface area contributed by atoms with Gasteiger partial charge < -0.3 is 10.4 Å². The summed E-state index contributed by atoms with van der Waals surface area (Å²) in [6.45, 7) is 0. The van der Waals surface area contributed by atoms with Crippen LogP contribution in [0.4, 0.5) is 5.82 Å². The van der Waals surface area contributed by atoms with Crippen LogP contribution in [0.15, 0.2) is 28.2 Å². The lowest BCUT2D eigenvalue weighted by atomic mass is 9.94. The third-order valence-electron chi connectivity index (χ3n) is 3.45. The van der Waals surface area contributed by atoms with Crippen LogP contribution in [0.5, 0.6) is 0 Å². The van der Waals surface area contributed by atoms with Crippen molar-refractivity contribution in [1.29, 1.82) is 0 Å². The SMILES string of the molecule is O=C(O)c1cc(Br)cnc1NC1CCCc2sccc21. The molecule has 1 aliphatic rings. The molecule has 104 valence electrons. The minimum absolute atomic E-state index is 0.150. The molecule has 3 rings (SSSR count). The number of carboxylic acid groups (broad SMARTS) is 1. The molecule has 0 spiro atoms. The molecule has 0 amide bonds. The van der Waals surface area contributed by atoms with Crippen molar-refractivity contribution in [3.05, 3.63) is 44.2 Å². The summed E-state index contributed by atoms with van der Waals surface area (Å²) >= 11 is 5.03. The van der Waals surface area contributed by atoms with Gasteiger partial charge in [0, 0.05) is 15.5 Å². The first-order chi connectivity index (χ1) is 9.65. The molecule has 1 aliphatic carbocycles. The summed E-state index contributed by atoms with van der Waals surface area (Å²) in [5.41, 5.74) is 1.48. The number of hydrogen-bond acceptors (Lipinski definition) is 4. The fourth-order valence-electron chi connectivity index (χ4n) is 2.52. The van der Waals surface area contributed by atoms with Crippen molar-refractivity contribution in [3.8, 4) is 0 Å². The summed E-state index contributed by atoms with van der Waals surface area (Å²) in [7, 11) is 0.